The molecule has 0 atom stereocenters. The maximum Gasteiger partial charge on any atom is 0.0412 e. The lowest BCUT2D eigenvalue weighted by Gasteiger charge is -2.40. The number of rotatable bonds is 4. The van der Waals surface area contributed by atoms with Crippen molar-refractivity contribution in [1.82, 2.24) is 9.80 Å². The predicted octanol–water partition coefficient (Wildman–Crippen LogP) is 5.46. The van der Waals surface area contributed by atoms with Crippen molar-refractivity contribution in [2.24, 2.45) is 0 Å². The highest BCUT2D eigenvalue weighted by molar-refractivity contribution is 6.30. The van der Waals surface area contributed by atoms with Gasteiger partial charge in [0.1, 0.15) is 0 Å². The average Bonchev–Trinajstić information content (AvgIpc) is 2.70. The van der Waals surface area contributed by atoms with Crippen molar-refractivity contribution in [2.45, 2.75) is 44.7 Å². The zero-order chi connectivity index (χ0) is 17.8. The lowest BCUT2D eigenvalue weighted by Crippen LogP contribution is -2.50. The van der Waals surface area contributed by atoms with Gasteiger partial charge in [-0.25, -0.2) is 0 Å². The first-order chi connectivity index (χ1) is 12.8. The molecule has 2 nitrogen and oxygen atoms in total. The van der Waals surface area contributed by atoms with E-state index in [4.69, 9.17) is 11.6 Å². The van der Waals surface area contributed by atoms with Crippen molar-refractivity contribution in [1.29, 1.82) is 0 Å². The largest absolute Gasteiger partial charge is 0.298 e. The molecule has 2 aliphatic rings. The number of benzene rings is 2. The van der Waals surface area contributed by atoms with E-state index in [0.717, 1.165) is 17.6 Å². The van der Waals surface area contributed by atoms with Crippen molar-refractivity contribution in [3.05, 3.63) is 59.1 Å². The molecule has 2 aromatic rings. The maximum atomic E-state index is 6.11. The van der Waals surface area contributed by atoms with Crippen LogP contribution >= 0.6 is 11.6 Å². The molecule has 138 valence electrons. The molecule has 1 aliphatic heterocycles. The van der Waals surface area contributed by atoms with Gasteiger partial charge in [-0.15, -0.1) is 0 Å². The first-order valence-electron chi connectivity index (χ1n) is 10.1. The van der Waals surface area contributed by atoms with E-state index in [-0.39, 0.29) is 0 Å². The van der Waals surface area contributed by atoms with Crippen molar-refractivity contribution < 1.29 is 0 Å². The Morgan fingerprint density at radius 1 is 0.808 bits per heavy atom. The van der Waals surface area contributed by atoms with Crippen LogP contribution in [0.15, 0.2) is 48.5 Å². The molecule has 1 heterocycles. The highest BCUT2D eigenvalue weighted by Crippen LogP contribution is 2.25. The molecular formula is C23H29ClN2. The van der Waals surface area contributed by atoms with Gasteiger partial charge >= 0.3 is 0 Å². The summed E-state index contributed by atoms with van der Waals surface area (Å²) in [5.41, 5.74) is 3.82. The second kappa shape index (κ2) is 8.56. The minimum Gasteiger partial charge on any atom is -0.298 e. The molecule has 3 heteroatoms. The Labute approximate surface area is 162 Å². The molecule has 2 aromatic carbocycles. The van der Waals surface area contributed by atoms with Gasteiger partial charge in [-0.05, 0) is 41.7 Å². The van der Waals surface area contributed by atoms with E-state index in [2.05, 4.69) is 40.1 Å². The lowest BCUT2D eigenvalue weighted by molar-refractivity contribution is 0.0755. The third-order valence-corrected chi connectivity index (χ3v) is 6.25. The summed E-state index contributed by atoms with van der Waals surface area (Å²) >= 11 is 6.11. The Balaban J connectivity index is 1.31. The molecule has 2 fully saturated rings. The van der Waals surface area contributed by atoms with Gasteiger partial charge in [-0.2, -0.15) is 0 Å². The first-order valence-corrected chi connectivity index (χ1v) is 10.5. The van der Waals surface area contributed by atoms with E-state index in [1.54, 1.807) is 0 Å². The molecular weight excluding hydrogens is 340 g/mol. The highest BCUT2D eigenvalue weighted by atomic mass is 35.5. The molecule has 0 unspecified atom stereocenters. The van der Waals surface area contributed by atoms with Gasteiger partial charge in [-0.1, -0.05) is 67.3 Å². The van der Waals surface area contributed by atoms with E-state index >= 15 is 0 Å². The van der Waals surface area contributed by atoms with Crippen LogP contribution in [-0.4, -0.2) is 42.0 Å². The van der Waals surface area contributed by atoms with Crippen molar-refractivity contribution in [3.63, 3.8) is 0 Å². The van der Waals surface area contributed by atoms with Gasteiger partial charge in [0.25, 0.3) is 0 Å². The SMILES string of the molecule is Clc1cccc(-c2ccc(CN3CCN(C4CCCCC4)CC3)cc2)c1. The molecule has 0 spiro atoms. The van der Waals surface area contributed by atoms with Crippen molar-refractivity contribution >= 4 is 11.6 Å². The quantitative estimate of drug-likeness (QED) is 0.707. The fraction of sp³-hybridized carbons (Fsp3) is 0.478. The zero-order valence-electron chi connectivity index (χ0n) is 15.5. The molecule has 4 rings (SSSR count). The molecule has 0 radical (unpaired) electrons. The van der Waals surface area contributed by atoms with Crippen molar-refractivity contribution in [3.8, 4) is 11.1 Å². The fourth-order valence-electron chi connectivity index (χ4n) is 4.46. The second-order valence-electron chi connectivity index (χ2n) is 7.81. The van der Waals surface area contributed by atoms with Crippen LogP contribution < -0.4 is 0 Å². The van der Waals surface area contributed by atoms with Gasteiger partial charge in [0.05, 0.1) is 0 Å². The Morgan fingerprint density at radius 3 is 2.23 bits per heavy atom. The number of piperazine rings is 1. The third kappa shape index (κ3) is 4.49. The summed E-state index contributed by atoms with van der Waals surface area (Å²) in [6.07, 6.45) is 7.16. The van der Waals surface area contributed by atoms with Crippen LogP contribution in [0.5, 0.6) is 0 Å². The van der Waals surface area contributed by atoms with Gasteiger partial charge in [0, 0.05) is 43.8 Å². The van der Waals surface area contributed by atoms with E-state index in [1.807, 2.05) is 18.2 Å². The number of nitrogens with zero attached hydrogens (tertiary/aromatic N) is 2. The predicted molar refractivity (Wildman–Crippen MR) is 111 cm³/mol. The van der Waals surface area contributed by atoms with E-state index in [1.165, 1.54) is 75.0 Å². The second-order valence-corrected chi connectivity index (χ2v) is 8.25. The monoisotopic (exact) mass is 368 g/mol. The van der Waals surface area contributed by atoms with Crippen LogP contribution in [0.25, 0.3) is 11.1 Å². The standard InChI is InChI=1S/C23H29ClN2/c24-22-6-4-5-21(17-22)20-11-9-19(10-12-20)18-25-13-15-26(16-14-25)23-7-2-1-3-8-23/h4-6,9-12,17,23H,1-3,7-8,13-16,18H2. The minimum atomic E-state index is 0.794. The molecule has 26 heavy (non-hydrogen) atoms. The fourth-order valence-corrected chi connectivity index (χ4v) is 4.65. The Morgan fingerprint density at radius 2 is 1.54 bits per heavy atom. The van der Waals surface area contributed by atoms with Crippen LogP contribution in [0, 0.1) is 0 Å². The third-order valence-electron chi connectivity index (χ3n) is 6.02. The minimum absolute atomic E-state index is 0.794. The number of halogens is 1. The van der Waals surface area contributed by atoms with Gasteiger partial charge in [0.15, 0.2) is 0 Å². The van der Waals surface area contributed by atoms with Gasteiger partial charge in [0.2, 0.25) is 0 Å². The molecule has 1 saturated heterocycles. The Kier molecular flexibility index (Phi) is 5.94. The summed E-state index contributed by atoms with van der Waals surface area (Å²) in [6, 6.07) is 17.9. The molecule has 0 amide bonds. The summed E-state index contributed by atoms with van der Waals surface area (Å²) in [5.74, 6) is 0. The summed E-state index contributed by atoms with van der Waals surface area (Å²) < 4.78 is 0. The number of hydrogen-bond donors (Lipinski definition) is 0. The van der Waals surface area contributed by atoms with E-state index in [0.29, 0.717) is 0 Å². The Hall–Kier alpha value is -1.35. The molecule has 0 aromatic heterocycles. The zero-order valence-corrected chi connectivity index (χ0v) is 16.3. The summed E-state index contributed by atoms with van der Waals surface area (Å²) in [4.78, 5) is 5.35. The van der Waals surface area contributed by atoms with Crippen LogP contribution in [0.2, 0.25) is 5.02 Å². The van der Waals surface area contributed by atoms with Gasteiger partial charge < -0.3 is 0 Å². The molecule has 0 bridgehead atoms. The topological polar surface area (TPSA) is 6.48 Å². The smallest absolute Gasteiger partial charge is 0.0412 e. The molecule has 1 aliphatic carbocycles. The normalized spacial score (nSPS) is 20.3. The molecule has 0 N–H and O–H groups in total. The van der Waals surface area contributed by atoms with Gasteiger partial charge in [-0.3, -0.25) is 9.80 Å². The van der Waals surface area contributed by atoms with E-state index < -0.39 is 0 Å². The first kappa shape index (κ1) is 18.0. The summed E-state index contributed by atoms with van der Waals surface area (Å²) in [6.45, 7) is 5.95. The Bertz CT molecular complexity index is 698. The van der Waals surface area contributed by atoms with Crippen LogP contribution in [0.3, 0.4) is 0 Å². The lowest BCUT2D eigenvalue weighted by atomic mass is 9.94. The number of hydrogen-bond acceptors (Lipinski definition) is 2. The van der Waals surface area contributed by atoms with Crippen LogP contribution in [0.1, 0.15) is 37.7 Å². The summed E-state index contributed by atoms with van der Waals surface area (Å²) in [5, 5.41) is 0.794. The van der Waals surface area contributed by atoms with Crippen molar-refractivity contribution in [2.75, 3.05) is 26.2 Å². The van der Waals surface area contributed by atoms with Crippen LogP contribution in [-0.2, 0) is 6.54 Å². The molecule has 1 saturated carbocycles. The summed E-state index contributed by atoms with van der Waals surface area (Å²) in [7, 11) is 0. The van der Waals surface area contributed by atoms with Crippen LogP contribution in [0.4, 0.5) is 0 Å². The van der Waals surface area contributed by atoms with E-state index in [9.17, 15) is 0 Å². The highest BCUT2D eigenvalue weighted by Gasteiger charge is 2.24. The average molecular weight is 369 g/mol. The maximum absolute atomic E-state index is 6.11.